The van der Waals surface area contributed by atoms with Crippen LogP contribution in [0.3, 0.4) is 0 Å². The number of hydrogen-bond donors (Lipinski definition) is 1. The summed E-state index contributed by atoms with van der Waals surface area (Å²) in [5.41, 5.74) is 6.89. The molecule has 0 radical (unpaired) electrons. The molecule has 0 amide bonds. The van der Waals surface area contributed by atoms with Gasteiger partial charge < -0.3 is 15.2 Å². The highest BCUT2D eigenvalue weighted by atomic mass is 79.9. The lowest BCUT2D eigenvalue weighted by atomic mass is 10.1. The number of nitrogens with two attached hydrogens (primary N) is 1. The van der Waals surface area contributed by atoms with Crippen LogP contribution in [0.25, 0.3) is 0 Å². The normalized spacial score (nSPS) is 12.5. The molecule has 1 aromatic rings. The van der Waals surface area contributed by atoms with Gasteiger partial charge >= 0.3 is 0 Å². The Kier molecular flexibility index (Phi) is 5.80. The van der Waals surface area contributed by atoms with Crippen LogP contribution in [-0.2, 0) is 4.74 Å². The molecule has 0 saturated heterocycles. The summed E-state index contributed by atoms with van der Waals surface area (Å²) in [6.07, 6.45) is 0. The third-order valence-corrected chi connectivity index (χ3v) is 2.85. The Morgan fingerprint density at radius 1 is 1.38 bits per heavy atom. The first-order valence-corrected chi connectivity index (χ1v) is 6.20. The van der Waals surface area contributed by atoms with E-state index in [1.807, 2.05) is 32.0 Å². The van der Waals surface area contributed by atoms with Gasteiger partial charge in [0.1, 0.15) is 12.4 Å². The minimum absolute atomic E-state index is 0.0202. The van der Waals surface area contributed by atoms with Crippen molar-refractivity contribution in [1.29, 1.82) is 0 Å². The molecule has 2 N–H and O–H groups in total. The Morgan fingerprint density at radius 3 is 2.69 bits per heavy atom. The first-order valence-electron chi connectivity index (χ1n) is 5.40. The highest BCUT2D eigenvalue weighted by Crippen LogP contribution is 2.26. The van der Waals surface area contributed by atoms with Gasteiger partial charge in [0.2, 0.25) is 0 Å². The summed E-state index contributed by atoms with van der Waals surface area (Å²) in [6.45, 7) is 5.82. The molecule has 3 nitrogen and oxygen atoms in total. The molecule has 0 fully saturated rings. The van der Waals surface area contributed by atoms with Crippen LogP contribution in [0.15, 0.2) is 22.7 Å². The summed E-state index contributed by atoms with van der Waals surface area (Å²) in [7, 11) is 0. The van der Waals surface area contributed by atoms with E-state index in [-0.39, 0.29) is 6.04 Å². The van der Waals surface area contributed by atoms with E-state index < -0.39 is 0 Å². The lowest BCUT2D eigenvalue weighted by molar-refractivity contribution is 0.110. The molecular weight excluding hydrogens is 270 g/mol. The van der Waals surface area contributed by atoms with E-state index in [9.17, 15) is 0 Å². The average molecular weight is 288 g/mol. The topological polar surface area (TPSA) is 44.5 Å². The third-order valence-electron chi connectivity index (χ3n) is 2.16. The zero-order valence-electron chi connectivity index (χ0n) is 9.70. The molecule has 0 spiro atoms. The van der Waals surface area contributed by atoms with Gasteiger partial charge in [0.15, 0.2) is 0 Å². The highest BCUT2D eigenvalue weighted by molar-refractivity contribution is 9.10. The van der Waals surface area contributed by atoms with Gasteiger partial charge in [0.25, 0.3) is 0 Å². The maximum Gasteiger partial charge on any atom is 0.120 e. The van der Waals surface area contributed by atoms with Crippen molar-refractivity contribution in [2.24, 2.45) is 5.73 Å². The summed E-state index contributed by atoms with van der Waals surface area (Å²) < 4.78 is 11.7. The number of halogens is 1. The van der Waals surface area contributed by atoms with E-state index >= 15 is 0 Å². The van der Waals surface area contributed by atoms with Gasteiger partial charge in [0, 0.05) is 17.1 Å². The molecule has 0 unspecified atom stereocenters. The van der Waals surface area contributed by atoms with Crippen molar-refractivity contribution in [2.45, 2.75) is 19.9 Å². The van der Waals surface area contributed by atoms with Crippen molar-refractivity contribution < 1.29 is 9.47 Å². The molecule has 16 heavy (non-hydrogen) atoms. The van der Waals surface area contributed by atoms with E-state index in [1.54, 1.807) is 0 Å². The Balaban J connectivity index is 2.53. The van der Waals surface area contributed by atoms with Crippen molar-refractivity contribution >= 4 is 15.9 Å². The fourth-order valence-electron chi connectivity index (χ4n) is 1.33. The third kappa shape index (κ3) is 4.12. The van der Waals surface area contributed by atoms with E-state index in [0.717, 1.165) is 22.4 Å². The lowest BCUT2D eigenvalue weighted by Gasteiger charge is -2.11. The van der Waals surface area contributed by atoms with E-state index in [1.165, 1.54) is 0 Å². The van der Waals surface area contributed by atoms with Gasteiger partial charge in [0.05, 0.1) is 6.61 Å². The van der Waals surface area contributed by atoms with E-state index in [0.29, 0.717) is 13.2 Å². The highest BCUT2D eigenvalue weighted by Gasteiger charge is 2.05. The summed E-state index contributed by atoms with van der Waals surface area (Å²) >= 11 is 3.48. The molecule has 0 aromatic heterocycles. The monoisotopic (exact) mass is 287 g/mol. The molecule has 0 bridgehead atoms. The van der Waals surface area contributed by atoms with Crippen LogP contribution in [0.4, 0.5) is 0 Å². The van der Waals surface area contributed by atoms with Gasteiger partial charge in [-0.15, -0.1) is 0 Å². The molecular formula is C12H18BrNO2. The van der Waals surface area contributed by atoms with Crippen LogP contribution in [-0.4, -0.2) is 19.8 Å². The minimum atomic E-state index is 0.0202. The summed E-state index contributed by atoms with van der Waals surface area (Å²) in [5.74, 6) is 0.830. The molecule has 0 aliphatic heterocycles. The molecule has 1 aromatic carbocycles. The molecule has 0 saturated carbocycles. The van der Waals surface area contributed by atoms with Crippen LogP contribution >= 0.6 is 15.9 Å². The molecule has 0 aliphatic carbocycles. The Hall–Kier alpha value is -0.580. The van der Waals surface area contributed by atoms with Gasteiger partial charge in [-0.2, -0.15) is 0 Å². The van der Waals surface area contributed by atoms with Crippen LogP contribution < -0.4 is 10.5 Å². The largest absolute Gasteiger partial charge is 0.491 e. The van der Waals surface area contributed by atoms with Crippen LogP contribution in [0.2, 0.25) is 0 Å². The molecule has 0 heterocycles. The maximum absolute atomic E-state index is 5.81. The van der Waals surface area contributed by atoms with E-state index in [4.69, 9.17) is 15.2 Å². The zero-order chi connectivity index (χ0) is 12.0. The van der Waals surface area contributed by atoms with Crippen LogP contribution in [0, 0.1) is 0 Å². The minimum Gasteiger partial charge on any atom is -0.491 e. The summed E-state index contributed by atoms with van der Waals surface area (Å²) in [5, 5.41) is 0. The predicted molar refractivity (Wildman–Crippen MR) is 68.7 cm³/mol. The number of rotatable bonds is 6. The maximum atomic E-state index is 5.81. The molecule has 4 heteroatoms. The summed E-state index contributed by atoms with van der Waals surface area (Å²) in [6, 6.07) is 5.86. The standard InChI is InChI=1S/C12H18BrNO2/c1-3-15-6-7-16-10-4-5-11(9(2)14)12(13)8-10/h4-5,8-9H,3,6-7,14H2,1-2H3/t9-/m0/s1. The first-order chi connectivity index (χ1) is 7.65. The fourth-order valence-corrected chi connectivity index (χ4v) is 2.05. The van der Waals surface area contributed by atoms with Crippen molar-refractivity contribution in [3.63, 3.8) is 0 Å². The Labute approximate surface area is 105 Å². The average Bonchev–Trinajstić information content (AvgIpc) is 2.24. The van der Waals surface area contributed by atoms with Gasteiger partial charge in [-0.3, -0.25) is 0 Å². The zero-order valence-corrected chi connectivity index (χ0v) is 11.3. The quantitative estimate of drug-likeness (QED) is 0.819. The molecule has 0 aliphatic rings. The predicted octanol–water partition coefficient (Wildman–Crippen LogP) is 2.88. The molecule has 90 valence electrons. The van der Waals surface area contributed by atoms with Crippen LogP contribution in [0.5, 0.6) is 5.75 Å². The summed E-state index contributed by atoms with van der Waals surface area (Å²) in [4.78, 5) is 0. The first kappa shape index (κ1) is 13.5. The lowest BCUT2D eigenvalue weighted by Crippen LogP contribution is -2.08. The Bertz CT molecular complexity index is 329. The second kappa shape index (κ2) is 6.89. The molecule has 1 rings (SSSR count). The number of ether oxygens (including phenoxy) is 2. The fraction of sp³-hybridized carbons (Fsp3) is 0.500. The van der Waals surface area contributed by atoms with Crippen molar-refractivity contribution in [2.75, 3.05) is 19.8 Å². The number of benzene rings is 1. The van der Waals surface area contributed by atoms with Gasteiger partial charge in [-0.1, -0.05) is 22.0 Å². The smallest absolute Gasteiger partial charge is 0.120 e. The van der Waals surface area contributed by atoms with Gasteiger partial charge in [-0.25, -0.2) is 0 Å². The molecule has 1 atom stereocenters. The SMILES string of the molecule is CCOCCOc1ccc([C@H](C)N)c(Br)c1. The van der Waals surface area contributed by atoms with Crippen LogP contribution in [0.1, 0.15) is 25.5 Å². The second-order valence-corrected chi connectivity index (χ2v) is 4.37. The second-order valence-electron chi connectivity index (χ2n) is 3.52. The number of hydrogen-bond acceptors (Lipinski definition) is 3. The Morgan fingerprint density at radius 2 is 2.12 bits per heavy atom. The van der Waals surface area contributed by atoms with Crippen molar-refractivity contribution in [3.05, 3.63) is 28.2 Å². The van der Waals surface area contributed by atoms with Crippen molar-refractivity contribution in [1.82, 2.24) is 0 Å². The van der Waals surface area contributed by atoms with Crippen molar-refractivity contribution in [3.8, 4) is 5.75 Å². The van der Waals surface area contributed by atoms with Gasteiger partial charge in [-0.05, 0) is 31.5 Å². The van der Waals surface area contributed by atoms with E-state index in [2.05, 4.69) is 15.9 Å².